The van der Waals surface area contributed by atoms with E-state index in [1.54, 1.807) is 0 Å². The van der Waals surface area contributed by atoms with Crippen LogP contribution in [0, 0.1) is 5.41 Å². The maximum absolute atomic E-state index is 12.2. The Kier molecular flexibility index (Phi) is 11.3. The molecule has 252 valence electrons. The standard InChI is InChI=1S/C41H46ClNO4S/c1-40(2,47-39-13-6-7-24-46-39)35-12-5-4-10-30(35)17-21-37(48-28-41(22-23-41)27-38(44)45-3)32-11-8-9-29(25-32)14-19-34-20-16-31-15-18-33(42)26-36(31)43-34/h4-5,8-12,14-16,18-20,25-26,37,39H,6-7,13,17,21-24,27-28H2,1-3H3. The molecular weight excluding hydrogens is 638 g/mol. The summed E-state index contributed by atoms with van der Waals surface area (Å²) in [5, 5.41) is 2.01. The predicted octanol–water partition coefficient (Wildman–Crippen LogP) is 10.6. The van der Waals surface area contributed by atoms with Crippen LogP contribution in [0.15, 0.2) is 78.9 Å². The van der Waals surface area contributed by atoms with Crippen LogP contribution in [0.2, 0.25) is 5.02 Å². The van der Waals surface area contributed by atoms with E-state index in [2.05, 4.69) is 80.6 Å². The molecule has 0 spiro atoms. The molecule has 2 aliphatic rings. The van der Waals surface area contributed by atoms with Gasteiger partial charge in [0.2, 0.25) is 0 Å². The quantitative estimate of drug-likeness (QED) is 0.123. The lowest BCUT2D eigenvalue weighted by Crippen LogP contribution is -2.33. The third-order valence-electron chi connectivity index (χ3n) is 9.61. The third-order valence-corrected chi connectivity index (χ3v) is 11.5. The largest absolute Gasteiger partial charge is 0.469 e. The first kappa shape index (κ1) is 34.7. The van der Waals surface area contributed by atoms with Gasteiger partial charge in [-0.2, -0.15) is 11.8 Å². The summed E-state index contributed by atoms with van der Waals surface area (Å²) in [7, 11) is 1.49. The van der Waals surface area contributed by atoms with Crippen molar-refractivity contribution in [1.82, 2.24) is 4.98 Å². The Morgan fingerprint density at radius 2 is 1.90 bits per heavy atom. The number of benzene rings is 3. The number of halogens is 1. The van der Waals surface area contributed by atoms with E-state index in [4.69, 9.17) is 30.8 Å². The first-order valence-corrected chi connectivity index (χ1v) is 18.6. The van der Waals surface area contributed by atoms with Crippen molar-refractivity contribution in [3.05, 3.63) is 112 Å². The van der Waals surface area contributed by atoms with Crippen LogP contribution < -0.4 is 0 Å². The highest BCUT2D eigenvalue weighted by Crippen LogP contribution is 2.53. The average Bonchev–Trinajstić information content (AvgIpc) is 3.86. The van der Waals surface area contributed by atoms with Crippen LogP contribution in [0.25, 0.3) is 23.1 Å². The molecule has 7 heteroatoms. The summed E-state index contributed by atoms with van der Waals surface area (Å²) >= 11 is 8.20. The number of ether oxygens (including phenoxy) is 3. The molecule has 2 unspecified atom stereocenters. The monoisotopic (exact) mass is 683 g/mol. The maximum Gasteiger partial charge on any atom is 0.306 e. The van der Waals surface area contributed by atoms with Crippen molar-refractivity contribution in [1.29, 1.82) is 0 Å². The number of carbonyl (C=O) groups is 1. The third kappa shape index (κ3) is 9.09. The number of aromatic nitrogens is 1. The van der Waals surface area contributed by atoms with Gasteiger partial charge in [-0.3, -0.25) is 4.79 Å². The number of esters is 1. The van der Waals surface area contributed by atoms with Gasteiger partial charge in [-0.15, -0.1) is 0 Å². The van der Waals surface area contributed by atoms with Gasteiger partial charge in [0.05, 0.1) is 30.3 Å². The Labute approximate surface area is 294 Å². The molecular formula is C41H46ClNO4S. The number of nitrogens with zero attached hydrogens (tertiary/aromatic N) is 1. The van der Waals surface area contributed by atoms with E-state index in [0.717, 1.165) is 79.5 Å². The van der Waals surface area contributed by atoms with Gasteiger partial charge < -0.3 is 14.2 Å². The summed E-state index contributed by atoms with van der Waals surface area (Å²) in [5.41, 5.74) is 6.29. The molecule has 0 amide bonds. The van der Waals surface area contributed by atoms with Gasteiger partial charge in [0.25, 0.3) is 0 Å². The number of pyridine rings is 1. The molecule has 1 saturated carbocycles. The molecule has 2 atom stereocenters. The second kappa shape index (κ2) is 15.6. The van der Waals surface area contributed by atoms with Crippen LogP contribution in [0.3, 0.4) is 0 Å². The Morgan fingerprint density at radius 1 is 1.06 bits per heavy atom. The van der Waals surface area contributed by atoms with Crippen LogP contribution in [-0.2, 0) is 31.0 Å². The first-order chi connectivity index (χ1) is 23.2. The fourth-order valence-corrected chi connectivity index (χ4v) is 8.34. The van der Waals surface area contributed by atoms with Gasteiger partial charge in [0.1, 0.15) is 0 Å². The van der Waals surface area contributed by atoms with Crippen LogP contribution in [-0.4, -0.2) is 36.7 Å². The lowest BCUT2D eigenvalue weighted by atomic mass is 9.89. The van der Waals surface area contributed by atoms with Crippen molar-refractivity contribution in [3.63, 3.8) is 0 Å². The summed E-state index contributed by atoms with van der Waals surface area (Å²) in [6.07, 6.45) is 11.7. The van der Waals surface area contributed by atoms with Crippen LogP contribution >= 0.6 is 23.4 Å². The highest BCUT2D eigenvalue weighted by molar-refractivity contribution is 7.99. The number of carbonyl (C=O) groups excluding carboxylic acids is 1. The minimum absolute atomic E-state index is 0.0475. The molecule has 1 aliphatic heterocycles. The molecule has 5 nitrogen and oxygen atoms in total. The minimum Gasteiger partial charge on any atom is -0.469 e. The highest BCUT2D eigenvalue weighted by Gasteiger charge is 2.45. The van der Waals surface area contributed by atoms with Crippen LogP contribution in [0.1, 0.15) is 92.0 Å². The van der Waals surface area contributed by atoms with Crippen LogP contribution in [0.4, 0.5) is 0 Å². The van der Waals surface area contributed by atoms with E-state index in [9.17, 15) is 4.79 Å². The van der Waals surface area contributed by atoms with Gasteiger partial charge in [0.15, 0.2) is 6.29 Å². The van der Waals surface area contributed by atoms with Gasteiger partial charge in [-0.1, -0.05) is 78.3 Å². The van der Waals surface area contributed by atoms with Gasteiger partial charge in [-0.05, 0) is 111 Å². The average molecular weight is 684 g/mol. The molecule has 48 heavy (non-hydrogen) atoms. The molecule has 1 aliphatic carbocycles. The zero-order valence-corrected chi connectivity index (χ0v) is 29.8. The summed E-state index contributed by atoms with van der Waals surface area (Å²) in [4.78, 5) is 17.0. The lowest BCUT2D eigenvalue weighted by Gasteiger charge is -2.34. The molecule has 6 rings (SSSR count). The number of methoxy groups -OCH3 is 1. The van der Waals surface area contributed by atoms with Crippen molar-refractivity contribution < 1.29 is 19.0 Å². The van der Waals surface area contributed by atoms with Crippen molar-refractivity contribution in [2.24, 2.45) is 5.41 Å². The molecule has 2 fully saturated rings. The molecule has 4 aromatic rings. The minimum atomic E-state index is -0.466. The Bertz CT molecular complexity index is 1740. The molecule has 0 radical (unpaired) electrons. The highest BCUT2D eigenvalue weighted by atomic mass is 35.5. The molecule has 2 heterocycles. The second-order valence-electron chi connectivity index (χ2n) is 13.7. The van der Waals surface area contributed by atoms with Crippen molar-refractivity contribution in [3.8, 4) is 0 Å². The number of fused-ring (bicyclic) bond motifs is 1. The fourth-order valence-electron chi connectivity index (χ4n) is 6.60. The second-order valence-corrected chi connectivity index (χ2v) is 15.4. The normalized spacial score (nSPS) is 18.2. The van der Waals surface area contributed by atoms with Crippen molar-refractivity contribution >= 4 is 52.4 Å². The van der Waals surface area contributed by atoms with Crippen molar-refractivity contribution in [2.45, 2.75) is 82.4 Å². The SMILES string of the molecule is COC(=O)CC1(CSC(CCc2ccccc2C(C)(C)OC2CCCCO2)c2cccc(C=Cc3ccc4ccc(Cl)cc4n3)c2)CC1. The zero-order valence-electron chi connectivity index (χ0n) is 28.3. The number of thioether (sulfide) groups is 1. The Morgan fingerprint density at radius 3 is 2.69 bits per heavy atom. The van der Waals surface area contributed by atoms with E-state index < -0.39 is 5.60 Å². The summed E-state index contributed by atoms with van der Waals surface area (Å²) in [6, 6.07) is 27.4. The lowest BCUT2D eigenvalue weighted by molar-refractivity contribution is -0.219. The number of rotatable bonds is 14. The molecule has 3 aromatic carbocycles. The molecule has 1 aromatic heterocycles. The summed E-state index contributed by atoms with van der Waals surface area (Å²) < 4.78 is 17.6. The van der Waals surface area contributed by atoms with Gasteiger partial charge in [0, 0.05) is 28.0 Å². The fraction of sp³-hybridized carbons (Fsp3) is 0.415. The topological polar surface area (TPSA) is 57.7 Å². The van der Waals surface area contributed by atoms with E-state index in [-0.39, 0.29) is 22.9 Å². The number of aryl methyl sites for hydroxylation is 1. The van der Waals surface area contributed by atoms with E-state index in [0.29, 0.717) is 11.4 Å². The number of hydrogen-bond donors (Lipinski definition) is 0. The van der Waals surface area contributed by atoms with E-state index in [1.807, 2.05) is 36.0 Å². The van der Waals surface area contributed by atoms with Crippen LogP contribution in [0.5, 0.6) is 0 Å². The smallest absolute Gasteiger partial charge is 0.306 e. The zero-order chi connectivity index (χ0) is 33.6. The molecule has 0 N–H and O–H groups in total. The maximum atomic E-state index is 12.2. The van der Waals surface area contributed by atoms with Crippen molar-refractivity contribution in [2.75, 3.05) is 19.5 Å². The molecule has 1 saturated heterocycles. The Balaban J connectivity index is 1.21. The number of hydrogen-bond acceptors (Lipinski definition) is 6. The first-order valence-electron chi connectivity index (χ1n) is 17.1. The van der Waals surface area contributed by atoms with Gasteiger partial charge >= 0.3 is 5.97 Å². The van der Waals surface area contributed by atoms with Gasteiger partial charge in [-0.25, -0.2) is 4.98 Å². The summed E-state index contributed by atoms with van der Waals surface area (Å²) in [5.74, 6) is 0.825. The Hall–Kier alpha value is -3.16. The van der Waals surface area contributed by atoms with E-state index >= 15 is 0 Å². The predicted molar refractivity (Wildman–Crippen MR) is 198 cm³/mol. The molecule has 0 bridgehead atoms. The van der Waals surface area contributed by atoms with E-state index in [1.165, 1.54) is 23.8 Å². The summed E-state index contributed by atoms with van der Waals surface area (Å²) in [6.45, 7) is 5.09.